The van der Waals surface area contributed by atoms with Crippen LogP contribution in [0.5, 0.6) is 0 Å². The van der Waals surface area contributed by atoms with Gasteiger partial charge in [0.25, 0.3) is 0 Å². The Bertz CT molecular complexity index is 648. The Morgan fingerprint density at radius 3 is 2.23 bits per heavy atom. The van der Waals surface area contributed by atoms with Crippen molar-refractivity contribution < 1.29 is 28.5 Å². The largest absolute Gasteiger partial charge is 0.347 e. The number of fused-ring (bicyclic) bond motifs is 2. The van der Waals surface area contributed by atoms with Crippen LogP contribution in [0.3, 0.4) is 0 Å². The lowest BCUT2D eigenvalue weighted by Crippen LogP contribution is -2.78. The van der Waals surface area contributed by atoms with Crippen LogP contribution < -0.4 is 5.32 Å². The molecule has 2 heterocycles. The van der Waals surface area contributed by atoms with Gasteiger partial charge in [-0.15, -0.1) is 0 Å². The molecule has 0 aromatic carbocycles. The zero-order chi connectivity index (χ0) is 19.8. The van der Waals surface area contributed by atoms with Crippen LogP contribution in [0, 0.1) is 0 Å². The summed E-state index contributed by atoms with van der Waals surface area (Å²) in [6.45, 7) is 10.9. The van der Waals surface area contributed by atoms with E-state index in [9.17, 15) is 9.59 Å². The van der Waals surface area contributed by atoms with Crippen molar-refractivity contribution in [3.63, 3.8) is 0 Å². The Morgan fingerprint density at radius 1 is 1.12 bits per heavy atom. The summed E-state index contributed by atoms with van der Waals surface area (Å²) in [6.07, 6.45) is -0.435. The van der Waals surface area contributed by atoms with Crippen LogP contribution in [0.1, 0.15) is 48.0 Å². The Labute approximate surface area is 154 Å². The molecule has 4 atom stereocenters. The molecule has 2 saturated heterocycles. The average Bonchev–Trinajstić information content (AvgIpc) is 2.88. The molecule has 0 unspecified atom stereocenters. The summed E-state index contributed by atoms with van der Waals surface area (Å²) in [6, 6.07) is -0.321. The number of carbonyl (C=O) groups excluding carboxylic acids is 2. The van der Waals surface area contributed by atoms with Gasteiger partial charge in [0.15, 0.2) is 23.0 Å². The second-order valence-corrected chi connectivity index (χ2v) is 8.81. The van der Waals surface area contributed by atoms with Gasteiger partial charge in [-0.05, 0) is 41.5 Å². The van der Waals surface area contributed by atoms with Gasteiger partial charge >= 0.3 is 6.03 Å². The average molecular weight is 370 g/mol. The standard InChI is InChI=1S/C18H30N2O6/c1-11-17(19-13(22)20(7)8)9-12(21)18(10-23-14(2,3)26-18)16(17,6)25-15(4,5)24-11/h11H,9-10H2,1-8H3,(H,19,22)/t11-,16+,17+,18+/m0/s1. The molecule has 1 N–H and O–H groups in total. The van der Waals surface area contributed by atoms with E-state index in [4.69, 9.17) is 18.9 Å². The zero-order valence-electron chi connectivity index (χ0n) is 16.9. The van der Waals surface area contributed by atoms with Crippen molar-refractivity contribution in [3.8, 4) is 0 Å². The van der Waals surface area contributed by atoms with Crippen LogP contribution in [0.2, 0.25) is 0 Å². The summed E-state index contributed by atoms with van der Waals surface area (Å²) in [5.74, 6) is -2.03. The topological polar surface area (TPSA) is 86.3 Å². The number of amides is 2. The number of rotatable bonds is 1. The maximum absolute atomic E-state index is 13.3. The zero-order valence-corrected chi connectivity index (χ0v) is 16.9. The molecule has 1 spiro atoms. The van der Waals surface area contributed by atoms with Gasteiger partial charge in [-0.3, -0.25) is 4.79 Å². The van der Waals surface area contributed by atoms with Gasteiger partial charge in [0.2, 0.25) is 0 Å². The first-order valence-electron chi connectivity index (χ1n) is 8.95. The minimum Gasteiger partial charge on any atom is -0.347 e. The smallest absolute Gasteiger partial charge is 0.317 e. The summed E-state index contributed by atoms with van der Waals surface area (Å²) in [7, 11) is 3.29. The van der Waals surface area contributed by atoms with Crippen molar-refractivity contribution >= 4 is 11.8 Å². The van der Waals surface area contributed by atoms with Crippen molar-refractivity contribution in [2.75, 3.05) is 20.7 Å². The Morgan fingerprint density at radius 2 is 1.73 bits per heavy atom. The number of nitrogens with one attached hydrogen (secondary N) is 1. The van der Waals surface area contributed by atoms with Gasteiger partial charge in [-0.25, -0.2) is 4.79 Å². The maximum Gasteiger partial charge on any atom is 0.317 e. The molecule has 0 aromatic rings. The lowest BCUT2D eigenvalue weighted by atomic mass is 9.72. The lowest BCUT2D eigenvalue weighted by molar-refractivity contribution is -0.378. The maximum atomic E-state index is 13.3. The Balaban J connectivity index is 2.15. The highest BCUT2D eigenvalue weighted by atomic mass is 16.8. The van der Waals surface area contributed by atoms with E-state index in [1.165, 1.54) is 4.90 Å². The quantitative estimate of drug-likeness (QED) is 0.751. The second kappa shape index (κ2) is 5.41. The molecule has 2 amide bonds. The first-order chi connectivity index (χ1) is 11.7. The fourth-order valence-electron chi connectivity index (χ4n) is 4.63. The fourth-order valence-corrected chi connectivity index (χ4v) is 4.63. The van der Waals surface area contributed by atoms with E-state index in [1.807, 2.05) is 13.8 Å². The molecule has 3 fully saturated rings. The van der Waals surface area contributed by atoms with Crippen molar-refractivity contribution in [2.24, 2.45) is 0 Å². The molecule has 26 heavy (non-hydrogen) atoms. The number of hydrogen-bond donors (Lipinski definition) is 1. The third-order valence-electron chi connectivity index (χ3n) is 5.90. The molecule has 0 bridgehead atoms. The molecule has 8 heteroatoms. The van der Waals surface area contributed by atoms with E-state index in [0.717, 1.165) is 0 Å². The predicted octanol–water partition coefficient (Wildman–Crippen LogP) is 1.42. The summed E-state index contributed by atoms with van der Waals surface area (Å²) in [5.41, 5.74) is -3.56. The fraction of sp³-hybridized carbons (Fsp3) is 0.889. The monoisotopic (exact) mass is 370 g/mol. The summed E-state index contributed by atoms with van der Waals surface area (Å²) >= 11 is 0. The van der Waals surface area contributed by atoms with E-state index in [0.29, 0.717) is 0 Å². The number of carbonyl (C=O) groups is 2. The molecule has 0 radical (unpaired) electrons. The molecule has 2 aliphatic heterocycles. The summed E-state index contributed by atoms with van der Waals surface area (Å²) in [4.78, 5) is 27.2. The van der Waals surface area contributed by atoms with Crippen molar-refractivity contribution in [3.05, 3.63) is 0 Å². The van der Waals surface area contributed by atoms with Crippen LogP contribution in [-0.2, 0) is 23.7 Å². The molecule has 1 aliphatic carbocycles. The van der Waals surface area contributed by atoms with Gasteiger partial charge < -0.3 is 29.2 Å². The molecule has 1 saturated carbocycles. The lowest BCUT2D eigenvalue weighted by Gasteiger charge is -2.58. The number of ketones is 1. The molecular weight excluding hydrogens is 340 g/mol. The van der Waals surface area contributed by atoms with E-state index in [1.54, 1.807) is 41.8 Å². The molecule has 8 nitrogen and oxygen atoms in total. The van der Waals surface area contributed by atoms with E-state index in [2.05, 4.69) is 5.32 Å². The van der Waals surface area contributed by atoms with Crippen LogP contribution in [0.4, 0.5) is 4.79 Å². The van der Waals surface area contributed by atoms with Crippen LogP contribution in [0.15, 0.2) is 0 Å². The number of nitrogens with zero attached hydrogens (tertiary/aromatic N) is 1. The number of hydrogen-bond acceptors (Lipinski definition) is 6. The van der Waals surface area contributed by atoms with Crippen molar-refractivity contribution in [2.45, 2.75) is 82.4 Å². The third-order valence-corrected chi connectivity index (χ3v) is 5.90. The van der Waals surface area contributed by atoms with Crippen LogP contribution in [-0.4, -0.2) is 71.8 Å². The summed E-state index contributed by atoms with van der Waals surface area (Å²) < 4.78 is 24.3. The minimum atomic E-state index is -1.31. The second-order valence-electron chi connectivity index (χ2n) is 8.81. The van der Waals surface area contributed by atoms with Gasteiger partial charge in [0.1, 0.15) is 11.1 Å². The first-order valence-corrected chi connectivity index (χ1v) is 8.95. The molecule has 0 aromatic heterocycles. The molecule has 3 rings (SSSR count). The van der Waals surface area contributed by atoms with Gasteiger partial charge in [-0.2, -0.15) is 0 Å². The van der Waals surface area contributed by atoms with Crippen LogP contribution >= 0.6 is 0 Å². The third kappa shape index (κ3) is 2.42. The van der Waals surface area contributed by atoms with Crippen LogP contribution in [0.25, 0.3) is 0 Å². The molecular formula is C18H30N2O6. The van der Waals surface area contributed by atoms with E-state index >= 15 is 0 Å². The van der Waals surface area contributed by atoms with Gasteiger partial charge in [0, 0.05) is 20.5 Å². The Hall–Kier alpha value is -1.22. The number of urea groups is 1. The minimum absolute atomic E-state index is 0.0414. The van der Waals surface area contributed by atoms with Gasteiger partial charge in [0.05, 0.1) is 12.7 Å². The van der Waals surface area contributed by atoms with Gasteiger partial charge in [-0.1, -0.05) is 0 Å². The van der Waals surface area contributed by atoms with Crippen molar-refractivity contribution in [1.29, 1.82) is 0 Å². The number of ether oxygens (including phenoxy) is 4. The van der Waals surface area contributed by atoms with E-state index < -0.39 is 34.4 Å². The molecule has 148 valence electrons. The summed E-state index contributed by atoms with van der Waals surface area (Å²) in [5, 5.41) is 3.01. The highest BCUT2D eigenvalue weighted by Gasteiger charge is 2.80. The van der Waals surface area contributed by atoms with Crippen molar-refractivity contribution in [1.82, 2.24) is 10.2 Å². The Kier molecular flexibility index (Phi) is 4.06. The highest BCUT2D eigenvalue weighted by Crippen LogP contribution is 2.58. The number of Topliss-reactive ketones (excluding diaryl/α,β-unsaturated/α-hetero) is 1. The predicted molar refractivity (Wildman–Crippen MR) is 92.5 cm³/mol. The SMILES string of the molecule is C[C@@H]1OC(C)(C)O[C@@]2(C)[C@@]3(COC(C)(C)O3)C(=O)C[C@@]12NC(=O)N(C)C. The molecule has 3 aliphatic rings. The normalized spacial score (nSPS) is 43.4. The highest BCUT2D eigenvalue weighted by molar-refractivity contribution is 5.95. The first kappa shape index (κ1) is 19.5. The van der Waals surface area contributed by atoms with E-state index in [-0.39, 0.29) is 24.8 Å².